The number of likely N-dealkylation sites (tertiary alicyclic amines) is 1. The summed E-state index contributed by atoms with van der Waals surface area (Å²) in [5, 5.41) is 7.03. The number of hydrogen-bond acceptors (Lipinski definition) is 6. The molecule has 7 nitrogen and oxygen atoms in total. The standard InChI is InChI=1S/C19H18FN5O2/c1-25-11-15(22-18(26)13-2-4-14(20)5-3-13)10-16(25)19-23-17(24-27-19)12-6-8-21-9-7-12/h2-9,15-16H,10-11H2,1H3,(H,22,26)/t15-,16-/m0/s1. The second-order valence-electron chi connectivity index (χ2n) is 6.56. The number of nitrogens with zero attached hydrogens (tertiary/aromatic N) is 4. The molecule has 27 heavy (non-hydrogen) atoms. The van der Waals surface area contributed by atoms with Crippen LogP contribution in [0.1, 0.15) is 28.7 Å². The fourth-order valence-electron chi connectivity index (χ4n) is 3.25. The van der Waals surface area contributed by atoms with Crippen LogP contribution in [-0.2, 0) is 0 Å². The van der Waals surface area contributed by atoms with E-state index in [4.69, 9.17) is 4.52 Å². The lowest BCUT2D eigenvalue weighted by atomic mass is 10.1. The summed E-state index contributed by atoms with van der Waals surface area (Å²) in [5.74, 6) is 0.438. The fourth-order valence-corrected chi connectivity index (χ4v) is 3.25. The zero-order valence-electron chi connectivity index (χ0n) is 14.7. The maximum absolute atomic E-state index is 13.0. The van der Waals surface area contributed by atoms with Crippen LogP contribution in [0.4, 0.5) is 4.39 Å². The Morgan fingerprint density at radius 3 is 2.70 bits per heavy atom. The van der Waals surface area contributed by atoms with Crippen LogP contribution in [0.3, 0.4) is 0 Å². The quantitative estimate of drug-likeness (QED) is 0.763. The van der Waals surface area contributed by atoms with Crippen molar-refractivity contribution in [3.63, 3.8) is 0 Å². The highest BCUT2D eigenvalue weighted by atomic mass is 19.1. The monoisotopic (exact) mass is 367 g/mol. The second-order valence-corrected chi connectivity index (χ2v) is 6.56. The molecule has 0 spiro atoms. The average Bonchev–Trinajstić information content (AvgIpc) is 3.29. The predicted molar refractivity (Wildman–Crippen MR) is 95.2 cm³/mol. The number of nitrogens with one attached hydrogen (secondary N) is 1. The molecule has 4 rings (SSSR count). The number of likely N-dealkylation sites (N-methyl/N-ethyl adjacent to an activating group) is 1. The summed E-state index contributed by atoms with van der Waals surface area (Å²) in [6, 6.07) is 8.99. The van der Waals surface area contributed by atoms with E-state index in [9.17, 15) is 9.18 Å². The van der Waals surface area contributed by atoms with Crippen molar-refractivity contribution < 1.29 is 13.7 Å². The molecule has 0 aliphatic carbocycles. The zero-order valence-corrected chi connectivity index (χ0v) is 14.7. The number of amides is 1. The van der Waals surface area contributed by atoms with E-state index in [1.54, 1.807) is 12.4 Å². The topological polar surface area (TPSA) is 84.2 Å². The van der Waals surface area contributed by atoms with Gasteiger partial charge in [0.1, 0.15) is 5.82 Å². The van der Waals surface area contributed by atoms with Gasteiger partial charge in [0.05, 0.1) is 6.04 Å². The van der Waals surface area contributed by atoms with E-state index >= 15 is 0 Å². The van der Waals surface area contributed by atoms with Crippen LogP contribution in [0.25, 0.3) is 11.4 Å². The van der Waals surface area contributed by atoms with Gasteiger partial charge in [0.2, 0.25) is 11.7 Å². The molecule has 0 unspecified atom stereocenters. The zero-order chi connectivity index (χ0) is 18.8. The summed E-state index contributed by atoms with van der Waals surface area (Å²) in [6.07, 6.45) is 4.00. The van der Waals surface area contributed by atoms with Crippen LogP contribution >= 0.6 is 0 Å². The lowest BCUT2D eigenvalue weighted by Gasteiger charge is -2.14. The lowest BCUT2D eigenvalue weighted by molar-refractivity contribution is 0.0938. The molecule has 0 bridgehead atoms. The van der Waals surface area contributed by atoms with Gasteiger partial charge in [0.25, 0.3) is 5.91 Å². The average molecular weight is 367 g/mol. The Kier molecular flexibility index (Phi) is 4.64. The van der Waals surface area contributed by atoms with Gasteiger partial charge in [0, 0.05) is 36.1 Å². The van der Waals surface area contributed by atoms with Gasteiger partial charge in [-0.25, -0.2) is 4.39 Å². The van der Waals surface area contributed by atoms with E-state index in [1.807, 2.05) is 19.2 Å². The first-order valence-corrected chi connectivity index (χ1v) is 8.61. The first kappa shape index (κ1) is 17.3. The number of halogens is 1. The number of pyridine rings is 1. The van der Waals surface area contributed by atoms with E-state index in [1.165, 1.54) is 24.3 Å². The van der Waals surface area contributed by atoms with Crippen LogP contribution in [0.2, 0.25) is 0 Å². The van der Waals surface area contributed by atoms with Gasteiger partial charge < -0.3 is 9.84 Å². The Bertz CT molecular complexity index is 929. The van der Waals surface area contributed by atoms with Gasteiger partial charge in [-0.05, 0) is 49.9 Å². The summed E-state index contributed by atoms with van der Waals surface area (Å²) >= 11 is 0. The van der Waals surface area contributed by atoms with Gasteiger partial charge in [-0.3, -0.25) is 14.7 Å². The van der Waals surface area contributed by atoms with Crippen molar-refractivity contribution in [2.75, 3.05) is 13.6 Å². The Morgan fingerprint density at radius 2 is 1.96 bits per heavy atom. The SMILES string of the molecule is CN1C[C@@H](NC(=O)c2ccc(F)cc2)C[C@H]1c1nc(-c2ccncc2)no1. The highest BCUT2D eigenvalue weighted by Gasteiger charge is 2.35. The van der Waals surface area contributed by atoms with Crippen LogP contribution in [-0.4, -0.2) is 45.6 Å². The third-order valence-corrected chi connectivity index (χ3v) is 4.66. The molecular formula is C19H18FN5O2. The third-order valence-electron chi connectivity index (χ3n) is 4.66. The molecule has 0 radical (unpaired) electrons. The molecule has 3 aromatic rings. The summed E-state index contributed by atoms with van der Waals surface area (Å²) < 4.78 is 18.5. The lowest BCUT2D eigenvalue weighted by Crippen LogP contribution is -2.36. The molecule has 3 heterocycles. The Hall–Kier alpha value is -3.13. The molecule has 2 aromatic heterocycles. The van der Waals surface area contributed by atoms with Crippen LogP contribution in [0.5, 0.6) is 0 Å². The molecule has 1 aliphatic rings. The van der Waals surface area contributed by atoms with Gasteiger partial charge in [-0.15, -0.1) is 0 Å². The predicted octanol–water partition coefficient (Wildman–Crippen LogP) is 2.45. The minimum atomic E-state index is -0.367. The van der Waals surface area contributed by atoms with Crippen LogP contribution in [0, 0.1) is 5.82 Å². The van der Waals surface area contributed by atoms with E-state index < -0.39 is 0 Å². The fraction of sp³-hybridized carbons (Fsp3) is 0.263. The molecule has 1 fully saturated rings. The number of carbonyl (C=O) groups is 1. The molecule has 1 saturated heterocycles. The first-order chi connectivity index (χ1) is 13.1. The summed E-state index contributed by atoms with van der Waals surface area (Å²) in [7, 11) is 1.95. The van der Waals surface area contributed by atoms with Gasteiger partial charge >= 0.3 is 0 Å². The molecule has 1 aliphatic heterocycles. The molecule has 2 atom stereocenters. The van der Waals surface area contributed by atoms with Crippen molar-refractivity contribution in [2.45, 2.75) is 18.5 Å². The molecule has 8 heteroatoms. The van der Waals surface area contributed by atoms with Crippen molar-refractivity contribution >= 4 is 5.91 Å². The molecular weight excluding hydrogens is 349 g/mol. The second kappa shape index (κ2) is 7.24. The first-order valence-electron chi connectivity index (χ1n) is 8.61. The third kappa shape index (κ3) is 3.70. The van der Waals surface area contributed by atoms with Crippen molar-refractivity contribution in [1.82, 2.24) is 25.3 Å². The van der Waals surface area contributed by atoms with Crippen molar-refractivity contribution in [3.05, 3.63) is 66.1 Å². The summed E-state index contributed by atoms with van der Waals surface area (Å²) in [6.45, 7) is 0.657. The maximum atomic E-state index is 13.0. The van der Waals surface area contributed by atoms with E-state index in [2.05, 4.69) is 25.3 Å². The molecule has 0 saturated carbocycles. The van der Waals surface area contributed by atoms with Crippen LogP contribution < -0.4 is 5.32 Å². The molecule has 1 amide bonds. The number of rotatable bonds is 4. The van der Waals surface area contributed by atoms with Crippen LogP contribution in [0.15, 0.2) is 53.3 Å². The molecule has 138 valence electrons. The van der Waals surface area contributed by atoms with E-state index in [0.717, 1.165) is 5.56 Å². The Labute approximate surface area is 155 Å². The normalized spacial score (nSPS) is 19.9. The minimum Gasteiger partial charge on any atom is -0.348 e. The van der Waals surface area contributed by atoms with Gasteiger partial charge in [-0.1, -0.05) is 5.16 Å². The number of aromatic nitrogens is 3. The summed E-state index contributed by atoms with van der Waals surface area (Å²) in [5.41, 5.74) is 1.27. The smallest absolute Gasteiger partial charge is 0.251 e. The number of hydrogen-bond donors (Lipinski definition) is 1. The van der Waals surface area contributed by atoms with Crippen molar-refractivity contribution in [1.29, 1.82) is 0 Å². The van der Waals surface area contributed by atoms with Crippen molar-refractivity contribution in [2.24, 2.45) is 0 Å². The highest BCUT2D eigenvalue weighted by Crippen LogP contribution is 2.31. The Balaban J connectivity index is 1.43. The summed E-state index contributed by atoms with van der Waals surface area (Å²) in [4.78, 5) is 22.9. The molecule has 1 N–H and O–H groups in total. The Morgan fingerprint density at radius 1 is 1.22 bits per heavy atom. The number of benzene rings is 1. The van der Waals surface area contributed by atoms with Gasteiger partial charge in [-0.2, -0.15) is 4.98 Å². The minimum absolute atomic E-state index is 0.0613. The van der Waals surface area contributed by atoms with Crippen molar-refractivity contribution in [3.8, 4) is 11.4 Å². The number of carbonyl (C=O) groups excluding carboxylic acids is 1. The molecule has 1 aromatic carbocycles. The van der Waals surface area contributed by atoms with E-state index in [0.29, 0.717) is 30.2 Å². The highest BCUT2D eigenvalue weighted by molar-refractivity contribution is 5.94. The largest absolute Gasteiger partial charge is 0.348 e. The van der Waals surface area contributed by atoms with Gasteiger partial charge in [0.15, 0.2) is 0 Å². The maximum Gasteiger partial charge on any atom is 0.251 e. The van der Waals surface area contributed by atoms with E-state index in [-0.39, 0.29) is 23.8 Å².